The Balaban J connectivity index is 1.45. The molecule has 0 aliphatic heterocycles. The van der Waals surface area contributed by atoms with Crippen LogP contribution in [0, 0.1) is 22.7 Å². The lowest BCUT2D eigenvalue weighted by Crippen LogP contribution is -2.52. The molecule has 178 valence electrons. The van der Waals surface area contributed by atoms with Gasteiger partial charge in [-0.25, -0.2) is 0 Å². The number of hydrogen-bond donors (Lipinski definition) is 3. The smallest absolute Gasteiger partial charge is 0.109 e. The van der Waals surface area contributed by atoms with E-state index in [2.05, 4.69) is 32.1 Å². The van der Waals surface area contributed by atoms with Gasteiger partial charge in [-0.3, -0.25) is 0 Å². The molecule has 4 rings (SSSR count). The highest BCUT2D eigenvalue weighted by molar-refractivity contribution is 5.43. The van der Waals surface area contributed by atoms with Crippen molar-refractivity contribution < 1.29 is 20.1 Å². The highest BCUT2D eigenvalue weighted by atomic mass is 16.5. The average molecular weight is 443 g/mol. The molecule has 6 atom stereocenters. The lowest BCUT2D eigenvalue weighted by Gasteiger charge is -2.55. The Morgan fingerprint density at radius 3 is 2.62 bits per heavy atom. The van der Waals surface area contributed by atoms with E-state index in [0.717, 1.165) is 32.1 Å². The van der Waals surface area contributed by atoms with E-state index >= 15 is 0 Å². The maximum atomic E-state index is 11.0. The van der Waals surface area contributed by atoms with E-state index in [1.165, 1.54) is 16.7 Å². The van der Waals surface area contributed by atoms with Gasteiger partial charge in [0, 0.05) is 11.8 Å². The first-order valence-corrected chi connectivity index (χ1v) is 12.6. The van der Waals surface area contributed by atoms with Crippen LogP contribution < -0.4 is 0 Å². The van der Waals surface area contributed by atoms with Gasteiger partial charge in [0.2, 0.25) is 0 Å². The molecule has 4 aliphatic rings. The van der Waals surface area contributed by atoms with E-state index in [1.54, 1.807) is 6.26 Å². The molecule has 0 aromatic rings. The molecule has 0 amide bonds. The SMILES string of the molecule is CCC(O)(CC)C/C=C/OCC1=CC[C@H]2C3=CC=C4C[C@@H](O)C[C@H](O)[C@]4(C)[C@H]3CC[C@]12C. The second-order valence-corrected chi connectivity index (χ2v) is 11.1. The van der Waals surface area contributed by atoms with E-state index in [-0.39, 0.29) is 10.8 Å². The maximum absolute atomic E-state index is 11.0. The average Bonchev–Trinajstić information content (AvgIpc) is 3.11. The van der Waals surface area contributed by atoms with Crippen molar-refractivity contribution in [2.75, 3.05) is 6.61 Å². The van der Waals surface area contributed by atoms with Gasteiger partial charge in [-0.1, -0.05) is 57.1 Å². The number of fused-ring (bicyclic) bond motifs is 5. The Labute approximate surface area is 193 Å². The number of allylic oxidation sites excluding steroid dienone is 4. The molecular formula is C28H42O4. The van der Waals surface area contributed by atoms with Crippen LogP contribution in [0.3, 0.4) is 0 Å². The predicted octanol–water partition coefficient (Wildman–Crippen LogP) is 5.21. The van der Waals surface area contributed by atoms with Crippen molar-refractivity contribution in [1.82, 2.24) is 0 Å². The third-order valence-electron chi connectivity index (χ3n) is 9.64. The maximum Gasteiger partial charge on any atom is 0.109 e. The molecule has 4 aliphatic carbocycles. The number of aliphatic hydroxyl groups is 3. The summed E-state index contributed by atoms with van der Waals surface area (Å²) in [5, 5.41) is 31.6. The molecule has 4 heteroatoms. The van der Waals surface area contributed by atoms with Crippen molar-refractivity contribution in [3.05, 3.63) is 47.3 Å². The monoisotopic (exact) mass is 442 g/mol. The van der Waals surface area contributed by atoms with Gasteiger partial charge in [-0.05, 0) is 73.8 Å². The molecule has 3 N–H and O–H groups in total. The van der Waals surface area contributed by atoms with E-state index in [4.69, 9.17) is 4.74 Å². The van der Waals surface area contributed by atoms with Crippen molar-refractivity contribution in [2.45, 2.75) is 96.9 Å². The molecule has 0 aromatic carbocycles. The molecule has 32 heavy (non-hydrogen) atoms. The largest absolute Gasteiger partial charge is 0.497 e. The van der Waals surface area contributed by atoms with Crippen LogP contribution in [-0.4, -0.2) is 39.7 Å². The summed E-state index contributed by atoms with van der Waals surface area (Å²) in [5.74, 6) is 0.820. The van der Waals surface area contributed by atoms with Gasteiger partial charge in [-0.2, -0.15) is 0 Å². The zero-order valence-corrected chi connectivity index (χ0v) is 20.3. The van der Waals surface area contributed by atoms with Gasteiger partial charge < -0.3 is 20.1 Å². The van der Waals surface area contributed by atoms with Crippen LogP contribution in [0.1, 0.15) is 79.1 Å². The lowest BCUT2D eigenvalue weighted by molar-refractivity contribution is -0.0492. The van der Waals surface area contributed by atoms with Gasteiger partial charge in [-0.15, -0.1) is 0 Å². The molecule has 0 radical (unpaired) electrons. The Bertz CT molecular complexity index is 832. The van der Waals surface area contributed by atoms with Gasteiger partial charge in [0.1, 0.15) is 6.61 Å². The van der Waals surface area contributed by atoms with Gasteiger partial charge in [0.25, 0.3) is 0 Å². The van der Waals surface area contributed by atoms with E-state index in [0.29, 0.717) is 37.7 Å². The topological polar surface area (TPSA) is 69.9 Å². The minimum atomic E-state index is -0.627. The third-order valence-corrected chi connectivity index (χ3v) is 9.64. The van der Waals surface area contributed by atoms with Crippen LogP contribution in [0.2, 0.25) is 0 Å². The number of ether oxygens (including phenoxy) is 1. The van der Waals surface area contributed by atoms with E-state index < -0.39 is 17.8 Å². The van der Waals surface area contributed by atoms with Crippen LogP contribution in [0.25, 0.3) is 0 Å². The van der Waals surface area contributed by atoms with Crippen LogP contribution in [-0.2, 0) is 4.74 Å². The second-order valence-electron chi connectivity index (χ2n) is 11.1. The van der Waals surface area contributed by atoms with Crippen molar-refractivity contribution >= 4 is 0 Å². The summed E-state index contributed by atoms with van der Waals surface area (Å²) in [6.45, 7) is 9.25. The third kappa shape index (κ3) is 3.82. The van der Waals surface area contributed by atoms with E-state index in [1.807, 2.05) is 19.9 Å². The fraction of sp³-hybridized carbons (Fsp3) is 0.714. The first kappa shape index (κ1) is 23.8. The molecule has 4 nitrogen and oxygen atoms in total. The van der Waals surface area contributed by atoms with Crippen molar-refractivity contribution in [3.63, 3.8) is 0 Å². The highest BCUT2D eigenvalue weighted by Gasteiger charge is 2.56. The van der Waals surface area contributed by atoms with Crippen LogP contribution in [0.4, 0.5) is 0 Å². The minimum Gasteiger partial charge on any atom is -0.497 e. The van der Waals surface area contributed by atoms with Gasteiger partial charge in [0.05, 0.1) is 24.1 Å². The quantitative estimate of drug-likeness (QED) is 0.374. The molecule has 0 spiro atoms. The normalized spacial score (nSPS) is 39.0. The molecule has 0 heterocycles. The summed E-state index contributed by atoms with van der Waals surface area (Å²) < 4.78 is 5.93. The molecule has 0 saturated heterocycles. The van der Waals surface area contributed by atoms with Gasteiger partial charge in [0.15, 0.2) is 0 Å². The molecule has 0 bridgehead atoms. The standard InChI is InChI=1S/C28H42O4/c1-5-28(31,6-2)13-7-15-32-18-20-9-11-23-22-10-8-19-16-21(29)17-25(30)27(19,4)24(22)12-14-26(20,23)3/h7-10,15,21,23-25,29-31H,5-6,11-14,16-18H2,1-4H3/b15-7+/t21-,23+,24+,25+,26-,27+/m1/s1. The number of hydrogen-bond acceptors (Lipinski definition) is 4. The Morgan fingerprint density at radius 2 is 1.91 bits per heavy atom. The number of aliphatic hydroxyl groups excluding tert-OH is 2. The first-order valence-electron chi connectivity index (χ1n) is 12.6. The fourth-order valence-electron chi connectivity index (χ4n) is 6.96. The molecular weight excluding hydrogens is 400 g/mol. The van der Waals surface area contributed by atoms with Crippen LogP contribution >= 0.6 is 0 Å². The predicted molar refractivity (Wildman–Crippen MR) is 128 cm³/mol. The van der Waals surface area contributed by atoms with Crippen molar-refractivity contribution in [2.24, 2.45) is 22.7 Å². The van der Waals surface area contributed by atoms with Gasteiger partial charge >= 0.3 is 0 Å². The Hall–Kier alpha value is -1.36. The van der Waals surface area contributed by atoms with Crippen LogP contribution in [0.15, 0.2) is 47.3 Å². The fourth-order valence-corrected chi connectivity index (χ4v) is 6.96. The highest BCUT2D eigenvalue weighted by Crippen LogP contribution is 2.63. The van der Waals surface area contributed by atoms with Crippen molar-refractivity contribution in [3.8, 4) is 0 Å². The lowest BCUT2D eigenvalue weighted by atomic mass is 9.50. The summed E-state index contributed by atoms with van der Waals surface area (Å²) in [7, 11) is 0. The molecule has 0 unspecified atom stereocenters. The van der Waals surface area contributed by atoms with Crippen molar-refractivity contribution in [1.29, 1.82) is 0 Å². The Morgan fingerprint density at radius 1 is 1.16 bits per heavy atom. The summed E-state index contributed by atoms with van der Waals surface area (Å²) in [6, 6.07) is 0. The zero-order chi connectivity index (χ0) is 23.1. The zero-order valence-electron chi connectivity index (χ0n) is 20.3. The number of rotatable bonds is 7. The summed E-state index contributed by atoms with van der Waals surface area (Å²) >= 11 is 0. The van der Waals surface area contributed by atoms with E-state index in [9.17, 15) is 15.3 Å². The molecule has 2 saturated carbocycles. The van der Waals surface area contributed by atoms with Crippen LogP contribution in [0.5, 0.6) is 0 Å². The minimum absolute atomic E-state index is 0.102. The second kappa shape index (κ2) is 8.77. The molecule has 2 fully saturated rings. The summed E-state index contributed by atoms with van der Waals surface area (Å²) in [6.07, 6.45) is 16.2. The molecule has 0 aromatic heterocycles. The summed E-state index contributed by atoms with van der Waals surface area (Å²) in [5.41, 5.74) is 3.31. The summed E-state index contributed by atoms with van der Waals surface area (Å²) in [4.78, 5) is 0. The first-order chi connectivity index (χ1) is 15.2. The Kier molecular flexibility index (Phi) is 6.52.